The average molecular weight is 208 g/mol. The number of amides is 1. The molecule has 0 aliphatic rings. The lowest BCUT2D eigenvalue weighted by Crippen LogP contribution is -2.25. The van der Waals surface area contributed by atoms with Crippen molar-refractivity contribution in [2.24, 2.45) is 0 Å². The van der Waals surface area contributed by atoms with E-state index in [1.54, 1.807) is 14.2 Å². The zero-order valence-electron chi connectivity index (χ0n) is 9.04. The van der Waals surface area contributed by atoms with E-state index in [0.717, 1.165) is 11.3 Å². The quantitative estimate of drug-likeness (QED) is 0.758. The molecule has 0 unspecified atom stereocenters. The number of carbonyl (C=O) groups excluding carboxylic acids is 1. The molecule has 4 heteroatoms. The van der Waals surface area contributed by atoms with Crippen LogP contribution in [0.2, 0.25) is 0 Å². The van der Waals surface area contributed by atoms with Crippen molar-refractivity contribution >= 4 is 11.6 Å². The number of hydrogen-bond donors (Lipinski definition) is 2. The summed E-state index contributed by atoms with van der Waals surface area (Å²) < 4.78 is 5.04. The summed E-state index contributed by atoms with van der Waals surface area (Å²) in [5.41, 5.74) is 1.78. The number of likely N-dealkylation sites (N-methyl/N-ethyl adjacent to an activating group) is 1. The molecule has 0 saturated carbocycles. The van der Waals surface area contributed by atoms with Crippen molar-refractivity contribution in [1.82, 2.24) is 5.32 Å². The molecule has 0 spiro atoms. The first-order chi connectivity index (χ1) is 7.27. The van der Waals surface area contributed by atoms with Crippen LogP contribution >= 0.6 is 0 Å². The molecule has 2 N–H and O–H groups in total. The maximum atomic E-state index is 11.4. The topological polar surface area (TPSA) is 50.4 Å². The summed E-state index contributed by atoms with van der Waals surface area (Å²) in [4.78, 5) is 11.4. The molecule has 1 aromatic carbocycles. The van der Waals surface area contributed by atoms with Gasteiger partial charge in [0.25, 0.3) is 0 Å². The highest BCUT2D eigenvalue weighted by Gasteiger charge is 2.04. The molecular formula is C11H16N2O2. The van der Waals surface area contributed by atoms with Crippen molar-refractivity contribution in [3.8, 4) is 0 Å². The first-order valence-electron chi connectivity index (χ1n) is 4.79. The summed E-state index contributed by atoms with van der Waals surface area (Å²) in [7, 11) is 3.37. The summed E-state index contributed by atoms with van der Waals surface area (Å²) in [5.74, 6) is -0.0546. The Kier molecular flexibility index (Phi) is 4.80. The molecule has 1 aromatic rings. The van der Waals surface area contributed by atoms with E-state index < -0.39 is 0 Å². The van der Waals surface area contributed by atoms with Crippen molar-refractivity contribution in [3.63, 3.8) is 0 Å². The molecule has 0 aliphatic carbocycles. The number of methoxy groups -OCH3 is 1. The van der Waals surface area contributed by atoms with E-state index in [4.69, 9.17) is 4.74 Å². The number of anilines is 1. The Morgan fingerprint density at radius 1 is 1.40 bits per heavy atom. The molecule has 0 saturated heterocycles. The Balaban J connectivity index is 2.70. The number of hydrogen-bond acceptors (Lipinski definition) is 3. The van der Waals surface area contributed by atoms with Gasteiger partial charge in [-0.1, -0.05) is 18.2 Å². The van der Waals surface area contributed by atoms with E-state index in [9.17, 15) is 4.79 Å². The number of ether oxygens (including phenoxy) is 1. The van der Waals surface area contributed by atoms with E-state index >= 15 is 0 Å². The smallest absolute Gasteiger partial charge is 0.238 e. The van der Waals surface area contributed by atoms with Gasteiger partial charge < -0.3 is 15.4 Å². The molecule has 0 atom stereocenters. The van der Waals surface area contributed by atoms with E-state index in [1.807, 2.05) is 24.3 Å². The summed E-state index contributed by atoms with van der Waals surface area (Å²) in [6.07, 6.45) is 0. The third kappa shape index (κ3) is 3.69. The van der Waals surface area contributed by atoms with Crippen LogP contribution < -0.4 is 10.6 Å². The molecular weight excluding hydrogens is 192 g/mol. The van der Waals surface area contributed by atoms with Crippen LogP contribution in [-0.2, 0) is 16.1 Å². The number of rotatable bonds is 5. The molecule has 0 aromatic heterocycles. The first kappa shape index (κ1) is 11.7. The third-order valence-corrected chi connectivity index (χ3v) is 1.93. The van der Waals surface area contributed by atoms with E-state index in [1.165, 1.54) is 0 Å². The Morgan fingerprint density at radius 3 is 2.80 bits per heavy atom. The second-order valence-electron chi connectivity index (χ2n) is 3.17. The lowest BCUT2D eigenvalue weighted by Gasteiger charge is -2.09. The number of benzene rings is 1. The highest BCUT2D eigenvalue weighted by molar-refractivity contribution is 5.92. The summed E-state index contributed by atoms with van der Waals surface area (Å²) in [6, 6.07) is 7.59. The van der Waals surface area contributed by atoms with Gasteiger partial charge in [-0.2, -0.15) is 0 Å². The van der Waals surface area contributed by atoms with Crippen molar-refractivity contribution < 1.29 is 9.53 Å². The van der Waals surface area contributed by atoms with Crippen molar-refractivity contribution in [2.75, 3.05) is 26.0 Å². The predicted octanol–water partition coefficient (Wildman–Crippen LogP) is 0.991. The van der Waals surface area contributed by atoms with E-state index in [2.05, 4.69) is 10.6 Å². The lowest BCUT2D eigenvalue weighted by atomic mass is 10.2. The van der Waals surface area contributed by atoms with Gasteiger partial charge in [0.1, 0.15) is 0 Å². The van der Waals surface area contributed by atoms with Gasteiger partial charge in [-0.3, -0.25) is 4.79 Å². The van der Waals surface area contributed by atoms with Crippen LogP contribution in [-0.4, -0.2) is 26.6 Å². The first-order valence-corrected chi connectivity index (χ1v) is 4.79. The Morgan fingerprint density at radius 2 is 2.13 bits per heavy atom. The highest BCUT2D eigenvalue weighted by atomic mass is 16.5. The maximum absolute atomic E-state index is 11.4. The van der Waals surface area contributed by atoms with Crippen LogP contribution in [0, 0.1) is 0 Å². The average Bonchev–Trinajstić information content (AvgIpc) is 2.21. The maximum Gasteiger partial charge on any atom is 0.238 e. The Labute approximate surface area is 89.6 Å². The molecule has 1 amide bonds. The van der Waals surface area contributed by atoms with E-state index in [-0.39, 0.29) is 5.91 Å². The summed E-state index contributed by atoms with van der Waals surface area (Å²) >= 11 is 0. The predicted molar refractivity (Wildman–Crippen MR) is 59.7 cm³/mol. The molecule has 0 bridgehead atoms. The highest BCUT2D eigenvalue weighted by Crippen LogP contribution is 2.15. The molecule has 15 heavy (non-hydrogen) atoms. The van der Waals surface area contributed by atoms with Crippen LogP contribution in [0.1, 0.15) is 5.56 Å². The molecule has 4 nitrogen and oxygen atoms in total. The lowest BCUT2D eigenvalue weighted by molar-refractivity contribution is -0.115. The minimum Gasteiger partial charge on any atom is -0.380 e. The largest absolute Gasteiger partial charge is 0.380 e. The third-order valence-electron chi connectivity index (χ3n) is 1.93. The van der Waals surface area contributed by atoms with Gasteiger partial charge in [-0.25, -0.2) is 0 Å². The fourth-order valence-corrected chi connectivity index (χ4v) is 1.28. The minimum absolute atomic E-state index is 0.0546. The molecule has 0 fully saturated rings. The van der Waals surface area contributed by atoms with Crippen LogP contribution in [0.5, 0.6) is 0 Å². The number of para-hydroxylation sites is 1. The van der Waals surface area contributed by atoms with Crippen LogP contribution in [0.15, 0.2) is 24.3 Å². The van der Waals surface area contributed by atoms with Gasteiger partial charge in [0.05, 0.1) is 13.2 Å². The molecule has 82 valence electrons. The van der Waals surface area contributed by atoms with Crippen LogP contribution in [0.3, 0.4) is 0 Å². The molecule has 0 heterocycles. The monoisotopic (exact) mass is 208 g/mol. The van der Waals surface area contributed by atoms with Gasteiger partial charge in [-0.05, 0) is 13.1 Å². The van der Waals surface area contributed by atoms with Crippen molar-refractivity contribution in [1.29, 1.82) is 0 Å². The van der Waals surface area contributed by atoms with Gasteiger partial charge in [0.15, 0.2) is 0 Å². The molecule has 1 rings (SSSR count). The fraction of sp³-hybridized carbons (Fsp3) is 0.364. The number of nitrogens with one attached hydrogen (secondary N) is 2. The standard InChI is InChI=1S/C11H16N2O2/c1-12-7-11(14)13-10-6-4-3-5-9(10)8-15-2/h3-6,12H,7-8H2,1-2H3,(H,13,14). The molecule has 0 radical (unpaired) electrons. The second-order valence-corrected chi connectivity index (χ2v) is 3.17. The van der Waals surface area contributed by atoms with E-state index in [0.29, 0.717) is 13.2 Å². The van der Waals surface area contributed by atoms with Gasteiger partial charge in [0.2, 0.25) is 5.91 Å². The van der Waals surface area contributed by atoms with Crippen LogP contribution in [0.4, 0.5) is 5.69 Å². The SMILES string of the molecule is CNCC(=O)Nc1ccccc1COC. The summed E-state index contributed by atoms with van der Waals surface area (Å²) in [6.45, 7) is 0.803. The number of carbonyl (C=O) groups is 1. The van der Waals surface area contributed by atoms with Gasteiger partial charge in [0, 0.05) is 18.4 Å². The zero-order chi connectivity index (χ0) is 11.1. The normalized spacial score (nSPS) is 10.0. The zero-order valence-corrected chi connectivity index (χ0v) is 9.04. The Hall–Kier alpha value is -1.39. The molecule has 0 aliphatic heterocycles. The minimum atomic E-state index is -0.0546. The van der Waals surface area contributed by atoms with Crippen LogP contribution in [0.25, 0.3) is 0 Å². The Bertz CT molecular complexity index is 326. The second kappa shape index (κ2) is 6.16. The van der Waals surface area contributed by atoms with Crippen molar-refractivity contribution in [2.45, 2.75) is 6.61 Å². The van der Waals surface area contributed by atoms with Gasteiger partial charge >= 0.3 is 0 Å². The van der Waals surface area contributed by atoms with Crippen molar-refractivity contribution in [3.05, 3.63) is 29.8 Å². The summed E-state index contributed by atoms with van der Waals surface area (Å²) in [5, 5.41) is 5.61. The van der Waals surface area contributed by atoms with Gasteiger partial charge in [-0.15, -0.1) is 0 Å². The fourth-order valence-electron chi connectivity index (χ4n) is 1.28.